The zero-order valence-corrected chi connectivity index (χ0v) is 14.4. The highest BCUT2D eigenvalue weighted by Crippen LogP contribution is 2.21. The van der Waals surface area contributed by atoms with Crippen LogP contribution in [0.1, 0.15) is 40.6 Å². The number of anilines is 1. The van der Waals surface area contributed by atoms with Gasteiger partial charge in [0.15, 0.2) is 5.82 Å². The summed E-state index contributed by atoms with van der Waals surface area (Å²) < 4.78 is 1.69. The molecule has 8 heteroatoms. The second-order valence-corrected chi connectivity index (χ2v) is 6.02. The maximum Gasteiger partial charge on any atom is 0.255 e. The van der Waals surface area contributed by atoms with Gasteiger partial charge in [-0.05, 0) is 54.6 Å². The molecule has 1 aromatic heterocycles. The molecule has 0 unspecified atom stereocenters. The van der Waals surface area contributed by atoms with E-state index in [9.17, 15) is 9.59 Å². The van der Waals surface area contributed by atoms with Gasteiger partial charge >= 0.3 is 0 Å². The smallest absolute Gasteiger partial charge is 0.255 e. The van der Waals surface area contributed by atoms with Crippen molar-refractivity contribution < 1.29 is 9.59 Å². The molecule has 0 aliphatic carbocycles. The first-order valence-corrected chi connectivity index (χ1v) is 8.05. The van der Waals surface area contributed by atoms with Crippen molar-refractivity contribution in [2.24, 2.45) is 5.73 Å². The third-order valence-electron chi connectivity index (χ3n) is 3.77. The lowest BCUT2D eigenvalue weighted by molar-refractivity contribution is 0.0996. The van der Waals surface area contributed by atoms with Crippen molar-refractivity contribution in [1.82, 2.24) is 20.2 Å². The zero-order chi connectivity index (χ0) is 18.7. The molecule has 132 valence electrons. The minimum absolute atomic E-state index is 0.0917. The van der Waals surface area contributed by atoms with Crippen molar-refractivity contribution in [3.63, 3.8) is 0 Å². The second-order valence-electron chi connectivity index (χ2n) is 6.02. The molecule has 0 bridgehead atoms. The monoisotopic (exact) mass is 350 g/mol. The summed E-state index contributed by atoms with van der Waals surface area (Å²) >= 11 is 0. The fraction of sp³-hybridized carbons (Fsp3) is 0.167. The molecule has 8 nitrogen and oxygen atoms in total. The molecule has 0 saturated carbocycles. The summed E-state index contributed by atoms with van der Waals surface area (Å²) in [4.78, 5) is 23.8. The van der Waals surface area contributed by atoms with Crippen molar-refractivity contribution >= 4 is 17.5 Å². The molecule has 3 N–H and O–H groups in total. The maximum atomic E-state index is 12.6. The first kappa shape index (κ1) is 17.3. The van der Waals surface area contributed by atoms with Crippen LogP contribution in [0.25, 0.3) is 11.4 Å². The molecular formula is C18H18N6O2. The van der Waals surface area contributed by atoms with Gasteiger partial charge in [0.1, 0.15) is 0 Å². The fourth-order valence-electron chi connectivity index (χ4n) is 2.48. The SMILES string of the molecule is CC(C)n1nnnc1-c1cccc(C(=O)Nc2cccc(C(N)=O)c2)c1. The number of rotatable bonds is 5. The van der Waals surface area contributed by atoms with Gasteiger partial charge in [0, 0.05) is 22.4 Å². The largest absolute Gasteiger partial charge is 0.366 e. The van der Waals surface area contributed by atoms with Gasteiger partial charge in [-0.1, -0.05) is 18.2 Å². The van der Waals surface area contributed by atoms with Crippen molar-refractivity contribution in [2.45, 2.75) is 19.9 Å². The Kier molecular flexibility index (Phi) is 4.74. The Bertz CT molecular complexity index is 964. The van der Waals surface area contributed by atoms with Crippen molar-refractivity contribution in [2.75, 3.05) is 5.32 Å². The summed E-state index contributed by atoms with van der Waals surface area (Å²) in [5.41, 5.74) is 7.27. The summed E-state index contributed by atoms with van der Waals surface area (Å²) in [7, 11) is 0. The van der Waals surface area contributed by atoms with Crippen LogP contribution in [0.5, 0.6) is 0 Å². The number of hydrogen-bond donors (Lipinski definition) is 2. The van der Waals surface area contributed by atoms with E-state index in [2.05, 4.69) is 20.8 Å². The number of aromatic nitrogens is 4. The van der Waals surface area contributed by atoms with E-state index in [4.69, 9.17) is 5.73 Å². The minimum Gasteiger partial charge on any atom is -0.366 e. The normalized spacial score (nSPS) is 10.7. The molecule has 0 spiro atoms. The van der Waals surface area contributed by atoms with Gasteiger partial charge in [-0.2, -0.15) is 0 Å². The predicted molar refractivity (Wildman–Crippen MR) is 96.6 cm³/mol. The van der Waals surface area contributed by atoms with E-state index >= 15 is 0 Å². The fourth-order valence-corrected chi connectivity index (χ4v) is 2.48. The highest BCUT2D eigenvalue weighted by atomic mass is 16.2. The third kappa shape index (κ3) is 3.59. The lowest BCUT2D eigenvalue weighted by Crippen LogP contribution is -2.14. The van der Waals surface area contributed by atoms with E-state index in [1.54, 1.807) is 41.1 Å². The van der Waals surface area contributed by atoms with Crippen LogP contribution in [-0.4, -0.2) is 32.0 Å². The Morgan fingerprint density at radius 2 is 1.81 bits per heavy atom. The molecule has 0 atom stereocenters. The minimum atomic E-state index is -0.552. The van der Waals surface area contributed by atoms with Crippen molar-refractivity contribution in [3.8, 4) is 11.4 Å². The van der Waals surface area contributed by atoms with Gasteiger partial charge in [-0.3, -0.25) is 9.59 Å². The summed E-state index contributed by atoms with van der Waals surface area (Å²) in [6.45, 7) is 3.95. The summed E-state index contributed by atoms with van der Waals surface area (Å²) in [5.74, 6) is -0.272. The Morgan fingerprint density at radius 3 is 2.54 bits per heavy atom. The first-order chi connectivity index (χ1) is 12.5. The van der Waals surface area contributed by atoms with E-state index in [-0.39, 0.29) is 11.9 Å². The molecule has 2 amide bonds. The van der Waals surface area contributed by atoms with Gasteiger partial charge in [0.2, 0.25) is 5.91 Å². The van der Waals surface area contributed by atoms with E-state index in [0.717, 1.165) is 5.56 Å². The maximum absolute atomic E-state index is 12.6. The molecule has 0 aliphatic rings. The number of carbonyl (C=O) groups excluding carboxylic acids is 2. The highest BCUT2D eigenvalue weighted by molar-refractivity contribution is 6.05. The molecule has 3 rings (SSSR count). The highest BCUT2D eigenvalue weighted by Gasteiger charge is 2.14. The quantitative estimate of drug-likeness (QED) is 0.732. The summed E-state index contributed by atoms with van der Waals surface area (Å²) in [5, 5.41) is 14.5. The van der Waals surface area contributed by atoms with E-state index in [0.29, 0.717) is 22.6 Å². The average Bonchev–Trinajstić information content (AvgIpc) is 3.12. The standard InChI is InChI=1S/C18H18N6O2/c1-11(2)24-17(21-22-23-24)13-6-3-7-14(9-13)18(26)20-15-8-4-5-12(10-15)16(19)25/h3-11H,1-2H3,(H2,19,25)(H,20,26). The first-order valence-electron chi connectivity index (χ1n) is 8.05. The van der Waals surface area contributed by atoms with Crippen LogP contribution in [0.4, 0.5) is 5.69 Å². The lowest BCUT2D eigenvalue weighted by Gasteiger charge is -2.10. The van der Waals surface area contributed by atoms with Crippen molar-refractivity contribution in [3.05, 3.63) is 59.7 Å². The Morgan fingerprint density at radius 1 is 1.08 bits per heavy atom. The third-order valence-corrected chi connectivity index (χ3v) is 3.77. The van der Waals surface area contributed by atoms with E-state index in [1.165, 1.54) is 6.07 Å². The van der Waals surface area contributed by atoms with Crippen LogP contribution in [0, 0.1) is 0 Å². The van der Waals surface area contributed by atoms with Crippen LogP contribution in [0.2, 0.25) is 0 Å². The number of amides is 2. The number of tetrazole rings is 1. The Hall–Kier alpha value is -3.55. The van der Waals surface area contributed by atoms with Gasteiger partial charge < -0.3 is 11.1 Å². The molecule has 0 radical (unpaired) electrons. The molecule has 3 aromatic rings. The van der Waals surface area contributed by atoms with Crippen LogP contribution in [-0.2, 0) is 0 Å². The Balaban J connectivity index is 1.86. The topological polar surface area (TPSA) is 116 Å². The van der Waals surface area contributed by atoms with Gasteiger partial charge in [-0.15, -0.1) is 5.10 Å². The molecule has 26 heavy (non-hydrogen) atoms. The van der Waals surface area contributed by atoms with E-state index < -0.39 is 5.91 Å². The van der Waals surface area contributed by atoms with Gasteiger partial charge in [-0.25, -0.2) is 4.68 Å². The summed E-state index contributed by atoms with van der Waals surface area (Å²) in [6, 6.07) is 13.6. The molecular weight excluding hydrogens is 332 g/mol. The molecule has 2 aromatic carbocycles. The number of nitrogens with one attached hydrogen (secondary N) is 1. The summed E-state index contributed by atoms with van der Waals surface area (Å²) in [6.07, 6.45) is 0. The number of benzene rings is 2. The van der Waals surface area contributed by atoms with Crippen LogP contribution in [0.15, 0.2) is 48.5 Å². The van der Waals surface area contributed by atoms with Crippen LogP contribution in [0.3, 0.4) is 0 Å². The van der Waals surface area contributed by atoms with Gasteiger partial charge in [0.25, 0.3) is 5.91 Å². The van der Waals surface area contributed by atoms with Gasteiger partial charge in [0.05, 0.1) is 6.04 Å². The molecule has 0 saturated heterocycles. The number of carbonyl (C=O) groups is 2. The molecule has 1 heterocycles. The predicted octanol–water partition coefficient (Wildman–Crippen LogP) is 2.27. The zero-order valence-electron chi connectivity index (χ0n) is 14.4. The number of hydrogen-bond acceptors (Lipinski definition) is 5. The second kappa shape index (κ2) is 7.14. The Labute approximate surface area is 150 Å². The van der Waals surface area contributed by atoms with Crippen LogP contribution >= 0.6 is 0 Å². The lowest BCUT2D eigenvalue weighted by atomic mass is 10.1. The number of primary amides is 1. The average molecular weight is 350 g/mol. The molecule has 0 fully saturated rings. The molecule has 0 aliphatic heterocycles. The van der Waals surface area contributed by atoms with Crippen LogP contribution < -0.4 is 11.1 Å². The van der Waals surface area contributed by atoms with Crippen molar-refractivity contribution in [1.29, 1.82) is 0 Å². The number of nitrogens with two attached hydrogens (primary N) is 1. The number of nitrogens with zero attached hydrogens (tertiary/aromatic N) is 4. The van der Waals surface area contributed by atoms with E-state index in [1.807, 2.05) is 19.9 Å².